The second kappa shape index (κ2) is 7.38. The highest BCUT2D eigenvalue weighted by atomic mass is 32.2. The number of urea groups is 1. The minimum absolute atomic E-state index is 0.0900. The molecule has 2 rings (SSSR count). The monoisotopic (exact) mass is 314 g/mol. The van der Waals surface area contributed by atoms with Gasteiger partial charge in [-0.25, -0.2) is 4.79 Å². The van der Waals surface area contributed by atoms with Gasteiger partial charge >= 0.3 is 12.0 Å². The van der Waals surface area contributed by atoms with E-state index in [1.807, 2.05) is 16.7 Å². The molecule has 2 amide bonds. The summed E-state index contributed by atoms with van der Waals surface area (Å²) in [4.78, 5) is 25.8. The van der Waals surface area contributed by atoms with E-state index >= 15 is 0 Å². The van der Waals surface area contributed by atoms with Crippen LogP contribution in [-0.4, -0.2) is 51.6 Å². The van der Waals surface area contributed by atoms with Crippen LogP contribution in [0.25, 0.3) is 0 Å². The molecule has 1 saturated carbocycles. The molecule has 0 aromatic heterocycles. The molecule has 21 heavy (non-hydrogen) atoms. The normalized spacial score (nSPS) is 34.1. The smallest absolute Gasteiger partial charge is 0.317 e. The lowest BCUT2D eigenvalue weighted by Crippen LogP contribution is -2.55. The number of carbonyl (C=O) groups is 2. The van der Waals surface area contributed by atoms with Crippen molar-refractivity contribution in [3.8, 4) is 0 Å². The van der Waals surface area contributed by atoms with Gasteiger partial charge in [-0.05, 0) is 19.8 Å². The first-order valence-corrected chi connectivity index (χ1v) is 8.97. The van der Waals surface area contributed by atoms with E-state index in [1.54, 1.807) is 0 Å². The van der Waals surface area contributed by atoms with Gasteiger partial charge in [0.2, 0.25) is 0 Å². The first kappa shape index (κ1) is 16.5. The first-order valence-electron chi connectivity index (χ1n) is 7.92. The van der Waals surface area contributed by atoms with Crippen molar-refractivity contribution >= 4 is 23.8 Å². The Bertz CT molecular complexity index is 391. The van der Waals surface area contributed by atoms with Crippen LogP contribution in [0.15, 0.2) is 0 Å². The molecule has 1 aliphatic carbocycles. The van der Waals surface area contributed by atoms with Crippen LogP contribution in [-0.2, 0) is 4.79 Å². The van der Waals surface area contributed by atoms with E-state index in [9.17, 15) is 14.7 Å². The maximum absolute atomic E-state index is 12.5. The number of rotatable bonds is 2. The van der Waals surface area contributed by atoms with E-state index in [4.69, 9.17) is 0 Å². The van der Waals surface area contributed by atoms with E-state index in [2.05, 4.69) is 19.2 Å². The zero-order chi connectivity index (χ0) is 15.4. The summed E-state index contributed by atoms with van der Waals surface area (Å²) in [6.07, 6.45) is 4.44. The van der Waals surface area contributed by atoms with Gasteiger partial charge in [0.05, 0.1) is 5.92 Å². The Hall–Kier alpha value is -0.910. The number of hydrogen-bond donors (Lipinski definition) is 2. The third kappa shape index (κ3) is 4.05. The van der Waals surface area contributed by atoms with Crippen LogP contribution in [0.3, 0.4) is 0 Å². The zero-order valence-corrected chi connectivity index (χ0v) is 13.7. The average Bonchev–Trinajstić information content (AvgIpc) is 2.67. The van der Waals surface area contributed by atoms with Crippen LogP contribution in [0.4, 0.5) is 4.79 Å². The second-order valence-electron chi connectivity index (χ2n) is 6.15. The van der Waals surface area contributed by atoms with Gasteiger partial charge in [0.15, 0.2) is 0 Å². The summed E-state index contributed by atoms with van der Waals surface area (Å²) < 4.78 is 0. The van der Waals surface area contributed by atoms with Gasteiger partial charge in [-0.3, -0.25) is 4.79 Å². The van der Waals surface area contributed by atoms with Gasteiger partial charge in [-0.15, -0.1) is 0 Å². The highest BCUT2D eigenvalue weighted by Gasteiger charge is 2.34. The number of carbonyl (C=O) groups excluding carboxylic acids is 1. The van der Waals surface area contributed by atoms with E-state index in [-0.39, 0.29) is 18.1 Å². The van der Waals surface area contributed by atoms with Crippen LogP contribution in [0.1, 0.15) is 46.0 Å². The van der Waals surface area contributed by atoms with Crippen molar-refractivity contribution in [3.63, 3.8) is 0 Å². The van der Waals surface area contributed by atoms with Crippen LogP contribution in [0, 0.1) is 5.92 Å². The molecule has 2 fully saturated rings. The fourth-order valence-corrected chi connectivity index (χ4v) is 4.34. The molecule has 1 heterocycles. The number of nitrogens with one attached hydrogen (secondary N) is 1. The largest absolute Gasteiger partial charge is 0.481 e. The lowest BCUT2D eigenvalue weighted by molar-refractivity contribution is -0.142. The van der Waals surface area contributed by atoms with Crippen LogP contribution < -0.4 is 5.32 Å². The maximum atomic E-state index is 12.5. The molecule has 5 nitrogen and oxygen atoms in total. The molecule has 0 bridgehead atoms. The van der Waals surface area contributed by atoms with E-state index in [0.29, 0.717) is 11.7 Å². The molecule has 0 radical (unpaired) electrons. The molecule has 4 unspecified atom stereocenters. The van der Waals surface area contributed by atoms with E-state index in [0.717, 1.165) is 38.0 Å². The molecule has 4 atom stereocenters. The van der Waals surface area contributed by atoms with Gasteiger partial charge in [0, 0.05) is 29.6 Å². The Labute approximate surface area is 130 Å². The summed E-state index contributed by atoms with van der Waals surface area (Å²) in [5, 5.41) is 12.8. The molecule has 2 aliphatic rings. The number of hydrogen-bond acceptors (Lipinski definition) is 3. The van der Waals surface area contributed by atoms with E-state index in [1.165, 1.54) is 0 Å². The minimum Gasteiger partial charge on any atom is -0.481 e. The van der Waals surface area contributed by atoms with E-state index < -0.39 is 11.9 Å². The fraction of sp³-hybridized carbons (Fsp3) is 0.867. The summed E-state index contributed by atoms with van der Waals surface area (Å²) in [7, 11) is 0. The van der Waals surface area contributed by atoms with Crippen molar-refractivity contribution < 1.29 is 14.7 Å². The number of aliphatic carboxylic acids is 1. The topological polar surface area (TPSA) is 69.6 Å². The maximum Gasteiger partial charge on any atom is 0.317 e. The average molecular weight is 314 g/mol. The van der Waals surface area contributed by atoms with Gasteiger partial charge in [-0.2, -0.15) is 11.8 Å². The van der Waals surface area contributed by atoms with Crippen LogP contribution in [0.2, 0.25) is 0 Å². The zero-order valence-electron chi connectivity index (χ0n) is 12.9. The molecule has 1 aliphatic heterocycles. The summed E-state index contributed by atoms with van der Waals surface area (Å²) in [6, 6.07) is -0.125. The third-order valence-corrected chi connectivity index (χ3v) is 6.12. The molecule has 2 N–H and O–H groups in total. The highest BCUT2D eigenvalue weighted by Crippen LogP contribution is 2.26. The summed E-state index contributed by atoms with van der Waals surface area (Å²) in [5.74, 6) is -0.271. The number of nitrogens with zero attached hydrogens (tertiary/aromatic N) is 1. The molecule has 1 saturated heterocycles. The Kier molecular flexibility index (Phi) is 5.79. The standard InChI is InChI=1S/C15H26N2O3S/c1-10-11(2)21-9-8-17(10)15(20)16-13-7-5-3-4-6-12(13)14(18)19/h10-13H,3-9H2,1-2H3,(H,16,20)(H,18,19). The highest BCUT2D eigenvalue weighted by molar-refractivity contribution is 8.00. The van der Waals surface area contributed by atoms with Crippen molar-refractivity contribution in [2.75, 3.05) is 12.3 Å². The van der Waals surface area contributed by atoms with Gasteiger partial charge < -0.3 is 15.3 Å². The molecular formula is C15H26N2O3S. The number of carboxylic acid groups (broad SMARTS) is 1. The molecule has 0 aromatic rings. The fourth-order valence-electron chi connectivity index (χ4n) is 3.24. The molecule has 0 spiro atoms. The number of amides is 2. The second-order valence-corrected chi connectivity index (χ2v) is 7.63. The predicted molar refractivity (Wildman–Crippen MR) is 84.6 cm³/mol. The van der Waals surface area contributed by atoms with Gasteiger partial charge in [0.1, 0.15) is 0 Å². The van der Waals surface area contributed by atoms with Crippen molar-refractivity contribution in [1.82, 2.24) is 10.2 Å². The molecular weight excluding hydrogens is 288 g/mol. The van der Waals surface area contributed by atoms with Crippen LogP contribution in [0.5, 0.6) is 0 Å². The van der Waals surface area contributed by atoms with Crippen molar-refractivity contribution in [2.24, 2.45) is 5.92 Å². The molecule has 6 heteroatoms. The SMILES string of the molecule is CC1SCCN(C(=O)NC2CCCCCC2C(=O)O)C1C. The third-order valence-electron chi connectivity index (χ3n) is 4.79. The first-order chi connectivity index (χ1) is 10.0. The summed E-state index contributed by atoms with van der Waals surface area (Å²) in [5.41, 5.74) is 0. The van der Waals surface area contributed by atoms with Crippen molar-refractivity contribution in [1.29, 1.82) is 0 Å². The van der Waals surface area contributed by atoms with Gasteiger partial charge in [0.25, 0.3) is 0 Å². The lowest BCUT2D eigenvalue weighted by Gasteiger charge is -2.38. The minimum atomic E-state index is -0.780. The number of thioether (sulfide) groups is 1. The molecule has 120 valence electrons. The summed E-state index contributed by atoms with van der Waals surface area (Å²) in [6.45, 7) is 4.95. The van der Waals surface area contributed by atoms with Crippen LogP contribution >= 0.6 is 11.8 Å². The van der Waals surface area contributed by atoms with Crippen molar-refractivity contribution in [3.05, 3.63) is 0 Å². The summed E-state index contributed by atoms with van der Waals surface area (Å²) >= 11 is 1.89. The number of carboxylic acids is 1. The Morgan fingerprint density at radius 3 is 2.62 bits per heavy atom. The van der Waals surface area contributed by atoms with Gasteiger partial charge in [-0.1, -0.05) is 26.2 Å². The Balaban J connectivity index is 2.00. The Morgan fingerprint density at radius 2 is 1.90 bits per heavy atom. The Morgan fingerprint density at radius 1 is 1.19 bits per heavy atom. The van der Waals surface area contributed by atoms with Crippen molar-refractivity contribution in [2.45, 2.75) is 63.3 Å². The quantitative estimate of drug-likeness (QED) is 0.769. The lowest BCUT2D eigenvalue weighted by atomic mass is 9.95. The molecule has 0 aromatic carbocycles. The predicted octanol–water partition coefficient (Wildman–Crippen LogP) is 2.56.